The highest BCUT2D eigenvalue weighted by Crippen LogP contribution is 2.39. The highest BCUT2D eigenvalue weighted by atomic mass is 32.2. The van der Waals surface area contributed by atoms with Gasteiger partial charge in [-0.2, -0.15) is 4.31 Å². The van der Waals surface area contributed by atoms with Crippen LogP contribution in [-0.4, -0.2) is 67.9 Å². The molecule has 162 valence electrons. The standard InChI is InChI=1S/C23H25N3O4S/c27-22(23(9-12-30-13-10-23)20-6-2-1-3-7-20)25-14-18(15-25)19-16-26(17-19)31(28,29)21-8-4-5-11-24-21/h1-8,11H,9-10,12-17H2. The van der Waals surface area contributed by atoms with Crippen molar-refractivity contribution in [3.63, 3.8) is 0 Å². The van der Waals surface area contributed by atoms with Crippen LogP contribution in [0.15, 0.2) is 70.9 Å². The van der Waals surface area contributed by atoms with Crippen molar-refractivity contribution in [3.8, 4) is 0 Å². The zero-order valence-electron chi connectivity index (χ0n) is 17.2. The van der Waals surface area contributed by atoms with E-state index in [-0.39, 0.29) is 10.9 Å². The Morgan fingerprint density at radius 1 is 0.903 bits per heavy atom. The zero-order valence-corrected chi connectivity index (χ0v) is 18.1. The molecule has 2 aromatic rings. The largest absolute Gasteiger partial charge is 0.381 e. The minimum atomic E-state index is -3.55. The fourth-order valence-corrected chi connectivity index (χ4v) is 5.95. The van der Waals surface area contributed by atoms with Gasteiger partial charge in [-0.15, -0.1) is 0 Å². The van der Waals surface area contributed by atoms with Gasteiger partial charge < -0.3 is 9.64 Å². The summed E-state index contributed by atoms with van der Waals surface area (Å²) in [7, 11) is -3.55. The lowest BCUT2D eigenvalue weighted by Crippen LogP contribution is -2.57. The topological polar surface area (TPSA) is 79.8 Å². The minimum Gasteiger partial charge on any atom is -0.381 e. The number of ether oxygens (including phenoxy) is 1. The number of amides is 1. The van der Waals surface area contributed by atoms with Gasteiger partial charge >= 0.3 is 0 Å². The summed E-state index contributed by atoms with van der Waals surface area (Å²) in [6, 6.07) is 14.9. The molecule has 0 radical (unpaired) electrons. The summed E-state index contributed by atoms with van der Waals surface area (Å²) in [5.74, 6) is 0.156. The van der Waals surface area contributed by atoms with Gasteiger partial charge in [0.25, 0.3) is 10.0 Å². The number of hydrogen-bond donors (Lipinski definition) is 0. The lowest BCUT2D eigenvalue weighted by Gasteiger charge is -2.46. The van der Waals surface area contributed by atoms with Gasteiger partial charge in [-0.3, -0.25) is 4.79 Å². The van der Waals surface area contributed by atoms with Crippen molar-refractivity contribution in [2.75, 3.05) is 39.4 Å². The monoisotopic (exact) mass is 439 g/mol. The van der Waals surface area contributed by atoms with Crippen molar-refractivity contribution in [1.82, 2.24) is 14.2 Å². The SMILES string of the molecule is O=C(N1CC(=C2CN(S(=O)(=O)c3ccccn3)C2)C1)C1(c2ccccc2)CCOCC1. The van der Waals surface area contributed by atoms with E-state index in [1.807, 2.05) is 35.2 Å². The quantitative estimate of drug-likeness (QED) is 0.681. The summed E-state index contributed by atoms with van der Waals surface area (Å²) >= 11 is 0. The summed E-state index contributed by atoms with van der Waals surface area (Å²) in [6.45, 7) is 3.11. The second-order valence-corrected chi connectivity index (χ2v) is 10.3. The van der Waals surface area contributed by atoms with Crippen LogP contribution in [0, 0.1) is 0 Å². The zero-order chi connectivity index (χ0) is 21.5. The molecule has 3 aliphatic heterocycles. The second kappa shape index (κ2) is 7.85. The van der Waals surface area contributed by atoms with Crippen LogP contribution < -0.4 is 0 Å². The minimum absolute atomic E-state index is 0.0776. The number of pyridine rings is 1. The molecule has 1 aromatic carbocycles. The van der Waals surface area contributed by atoms with E-state index in [2.05, 4.69) is 4.98 Å². The lowest BCUT2D eigenvalue weighted by molar-refractivity contribution is -0.142. The maximum Gasteiger partial charge on any atom is 0.261 e. The number of carbonyl (C=O) groups excluding carboxylic acids is 1. The van der Waals surface area contributed by atoms with Gasteiger partial charge in [-0.25, -0.2) is 13.4 Å². The number of aromatic nitrogens is 1. The molecule has 4 heterocycles. The Morgan fingerprint density at radius 3 is 2.19 bits per heavy atom. The van der Waals surface area contributed by atoms with E-state index in [1.165, 1.54) is 22.1 Å². The van der Waals surface area contributed by atoms with Gasteiger partial charge in [0.2, 0.25) is 5.91 Å². The van der Waals surface area contributed by atoms with E-state index in [0.717, 1.165) is 11.1 Å². The van der Waals surface area contributed by atoms with Crippen LogP contribution in [0.5, 0.6) is 0 Å². The van der Waals surface area contributed by atoms with E-state index < -0.39 is 15.4 Å². The molecule has 0 aliphatic carbocycles. The molecule has 7 nitrogen and oxygen atoms in total. The smallest absolute Gasteiger partial charge is 0.261 e. The molecule has 3 fully saturated rings. The van der Waals surface area contributed by atoms with E-state index in [4.69, 9.17) is 4.74 Å². The third-order valence-electron chi connectivity index (χ3n) is 6.61. The number of likely N-dealkylation sites (tertiary alicyclic amines) is 1. The molecule has 5 rings (SSSR count). The summed E-state index contributed by atoms with van der Waals surface area (Å²) in [4.78, 5) is 19.4. The first-order chi connectivity index (χ1) is 15.0. The number of benzene rings is 1. The first-order valence-corrected chi connectivity index (χ1v) is 12.0. The Kier molecular flexibility index (Phi) is 5.16. The van der Waals surface area contributed by atoms with Crippen LogP contribution in [0.1, 0.15) is 18.4 Å². The molecule has 1 amide bonds. The predicted molar refractivity (Wildman–Crippen MR) is 115 cm³/mol. The molecule has 0 N–H and O–H groups in total. The van der Waals surface area contributed by atoms with Crippen LogP contribution in [-0.2, 0) is 25.0 Å². The number of nitrogens with zero attached hydrogens (tertiary/aromatic N) is 3. The molecular weight excluding hydrogens is 414 g/mol. The highest BCUT2D eigenvalue weighted by molar-refractivity contribution is 7.89. The summed E-state index contributed by atoms with van der Waals surface area (Å²) < 4.78 is 32.2. The molecule has 8 heteroatoms. The maximum atomic E-state index is 13.5. The second-order valence-electron chi connectivity index (χ2n) is 8.37. The molecule has 31 heavy (non-hydrogen) atoms. The van der Waals surface area contributed by atoms with Gasteiger partial charge in [-0.05, 0) is 41.7 Å². The van der Waals surface area contributed by atoms with E-state index in [9.17, 15) is 13.2 Å². The number of rotatable bonds is 4. The molecule has 1 aromatic heterocycles. The van der Waals surface area contributed by atoms with Crippen molar-refractivity contribution in [1.29, 1.82) is 0 Å². The lowest BCUT2D eigenvalue weighted by atomic mass is 9.72. The Balaban J connectivity index is 1.27. The predicted octanol–water partition coefficient (Wildman–Crippen LogP) is 1.97. The Morgan fingerprint density at radius 2 is 1.55 bits per heavy atom. The highest BCUT2D eigenvalue weighted by Gasteiger charge is 2.47. The average molecular weight is 440 g/mol. The molecule has 0 atom stereocenters. The van der Waals surface area contributed by atoms with Crippen molar-refractivity contribution >= 4 is 15.9 Å². The van der Waals surface area contributed by atoms with Gasteiger partial charge in [0.15, 0.2) is 5.03 Å². The molecule has 0 unspecified atom stereocenters. The molecule has 3 aliphatic rings. The molecular formula is C23H25N3O4S. The summed E-state index contributed by atoms with van der Waals surface area (Å²) in [5, 5.41) is 0.0776. The fraction of sp³-hybridized carbons (Fsp3) is 0.391. The van der Waals surface area contributed by atoms with Crippen LogP contribution >= 0.6 is 0 Å². The van der Waals surface area contributed by atoms with Gasteiger partial charge in [0.05, 0.1) is 5.41 Å². The summed E-state index contributed by atoms with van der Waals surface area (Å²) in [6.07, 6.45) is 2.86. The van der Waals surface area contributed by atoms with Gasteiger partial charge in [0, 0.05) is 45.6 Å². The number of hydrogen-bond acceptors (Lipinski definition) is 5. The molecule has 0 spiro atoms. The van der Waals surface area contributed by atoms with Crippen molar-refractivity contribution < 1.29 is 17.9 Å². The normalized spacial score (nSPS) is 21.4. The Labute approximate surface area is 182 Å². The molecule has 0 bridgehead atoms. The average Bonchev–Trinajstić information content (AvgIpc) is 2.75. The first-order valence-electron chi connectivity index (χ1n) is 10.5. The van der Waals surface area contributed by atoms with Crippen LogP contribution in [0.2, 0.25) is 0 Å². The van der Waals surface area contributed by atoms with E-state index >= 15 is 0 Å². The van der Waals surface area contributed by atoms with Crippen LogP contribution in [0.4, 0.5) is 0 Å². The van der Waals surface area contributed by atoms with E-state index in [0.29, 0.717) is 52.2 Å². The first kappa shape index (κ1) is 20.4. The number of carbonyl (C=O) groups is 1. The van der Waals surface area contributed by atoms with E-state index in [1.54, 1.807) is 12.1 Å². The third-order valence-corrected chi connectivity index (χ3v) is 8.32. The van der Waals surface area contributed by atoms with Gasteiger partial charge in [-0.1, -0.05) is 36.4 Å². The van der Waals surface area contributed by atoms with Gasteiger partial charge in [0.1, 0.15) is 0 Å². The van der Waals surface area contributed by atoms with Crippen molar-refractivity contribution in [2.45, 2.75) is 23.3 Å². The summed E-state index contributed by atoms with van der Waals surface area (Å²) in [5.41, 5.74) is 2.82. The number of sulfonamides is 1. The molecule has 3 saturated heterocycles. The third kappa shape index (κ3) is 3.48. The van der Waals surface area contributed by atoms with Crippen molar-refractivity contribution in [3.05, 3.63) is 71.4 Å². The van der Waals surface area contributed by atoms with Crippen LogP contribution in [0.25, 0.3) is 0 Å². The van der Waals surface area contributed by atoms with Crippen molar-refractivity contribution in [2.24, 2.45) is 0 Å². The maximum absolute atomic E-state index is 13.5. The fourth-order valence-electron chi connectivity index (χ4n) is 4.59. The Hall–Kier alpha value is -2.55. The Bertz CT molecular complexity index is 1090. The molecule has 0 saturated carbocycles. The van der Waals surface area contributed by atoms with Crippen LogP contribution in [0.3, 0.4) is 0 Å².